The van der Waals surface area contributed by atoms with Gasteiger partial charge in [0.15, 0.2) is 0 Å². The van der Waals surface area contributed by atoms with Gasteiger partial charge in [-0.05, 0) is 45.9 Å². The minimum atomic E-state index is -0.302. The average molecular weight is 278 g/mol. The molecule has 110 valence electrons. The number of nitrogens with one attached hydrogen (secondary N) is 1. The second kappa shape index (κ2) is 6.93. The number of rotatable bonds is 5. The molecule has 0 aliphatic heterocycles. The molecule has 1 aromatic heterocycles. The standard InChI is InChI=1S/C15H22N2O3/c1-5-17(11-13(18)16-15(2,3)4)14(19)9-8-12-7-6-10-20-12/h6-10H,5,11H2,1-4H3,(H,16,18)/b9-8+. The van der Waals surface area contributed by atoms with Crippen molar-refractivity contribution in [3.63, 3.8) is 0 Å². The van der Waals surface area contributed by atoms with Crippen LogP contribution < -0.4 is 5.32 Å². The molecule has 0 saturated heterocycles. The van der Waals surface area contributed by atoms with Crippen molar-refractivity contribution in [1.82, 2.24) is 10.2 Å². The molecule has 1 heterocycles. The molecule has 0 aromatic carbocycles. The van der Waals surface area contributed by atoms with Gasteiger partial charge in [-0.1, -0.05) is 0 Å². The first kappa shape index (κ1) is 16.0. The van der Waals surface area contributed by atoms with Crippen molar-refractivity contribution in [1.29, 1.82) is 0 Å². The van der Waals surface area contributed by atoms with E-state index in [9.17, 15) is 9.59 Å². The number of nitrogens with zero attached hydrogens (tertiary/aromatic N) is 1. The van der Waals surface area contributed by atoms with Crippen LogP contribution in [0.4, 0.5) is 0 Å². The van der Waals surface area contributed by atoms with Crippen LogP contribution in [0.3, 0.4) is 0 Å². The van der Waals surface area contributed by atoms with E-state index in [1.807, 2.05) is 27.7 Å². The van der Waals surface area contributed by atoms with Crippen molar-refractivity contribution in [2.45, 2.75) is 33.2 Å². The quantitative estimate of drug-likeness (QED) is 0.839. The highest BCUT2D eigenvalue weighted by Gasteiger charge is 2.18. The van der Waals surface area contributed by atoms with Crippen molar-refractivity contribution < 1.29 is 14.0 Å². The average Bonchev–Trinajstić information content (AvgIpc) is 2.83. The van der Waals surface area contributed by atoms with Crippen LogP contribution in [0.2, 0.25) is 0 Å². The summed E-state index contributed by atoms with van der Waals surface area (Å²) in [6, 6.07) is 3.50. The second-order valence-corrected chi connectivity index (χ2v) is 5.50. The van der Waals surface area contributed by atoms with E-state index in [1.165, 1.54) is 11.0 Å². The van der Waals surface area contributed by atoms with E-state index in [2.05, 4.69) is 5.32 Å². The summed E-state index contributed by atoms with van der Waals surface area (Å²) in [5.74, 6) is 0.223. The Morgan fingerprint density at radius 2 is 2.10 bits per heavy atom. The van der Waals surface area contributed by atoms with Crippen LogP contribution in [0.5, 0.6) is 0 Å². The fraction of sp³-hybridized carbons (Fsp3) is 0.467. The number of furan rings is 1. The third-order valence-corrected chi connectivity index (χ3v) is 2.48. The zero-order valence-corrected chi connectivity index (χ0v) is 12.5. The van der Waals surface area contributed by atoms with E-state index in [1.54, 1.807) is 24.5 Å². The summed E-state index contributed by atoms with van der Waals surface area (Å²) in [5.41, 5.74) is -0.302. The van der Waals surface area contributed by atoms with Gasteiger partial charge in [0.1, 0.15) is 5.76 Å². The van der Waals surface area contributed by atoms with Crippen molar-refractivity contribution in [3.8, 4) is 0 Å². The Morgan fingerprint density at radius 3 is 2.60 bits per heavy atom. The third-order valence-electron chi connectivity index (χ3n) is 2.48. The minimum Gasteiger partial charge on any atom is -0.465 e. The van der Waals surface area contributed by atoms with Crippen LogP contribution in [-0.2, 0) is 9.59 Å². The molecule has 20 heavy (non-hydrogen) atoms. The van der Waals surface area contributed by atoms with Gasteiger partial charge in [-0.2, -0.15) is 0 Å². The van der Waals surface area contributed by atoms with Crippen LogP contribution in [0, 0.1) is 0 Å². The molecule has 0 bridgehead atoms. The zero-order chi connectivity index (χ0) is 15.2. The number of hydrogen-bond donors (Lipinski definition) is 1. The van der Waals surface area contributed by atoms with E-state index in [-0.39, 0.29) is 23.9 Å². The molecular weight excluding hydrogens is 256 g/mol. The maximum Gasteiger partial charge on any atom is 0.247 e. The lowest BCUT2D eigenvalue weighted by molar-refractivity contribution is -0.132. The molecule has 1 N–H and O–H groups in total. The largest absolute Gasteiger partial charge is 0.465 e. The maximum atomic E-state index is 12.0. The molecule has 0 fully saturated rings. The molecule has 0 unspecified atom stereocenters. The predicted octanol–water partition coefficient (Wildman–Crippen LogP) is 2.06. The van der Waals surface area contributed by atoms with E-state index in [4.69, 9.17) is 4.42 Å². The van der Waals surface area contributed by atoms with E-state index >= 15 is 0 Å². The Hall–Kier alpha value is -2.04. The van der Waals surface area contributed by atoms with Gasteiger partial charge in [0.25, 0.3) is 0 Å². The Morgan fingerprint density at radius 1 is 1.40 bits per heavy atom. The molecule has 5 heteroatoms. The summed E-state index contributed by atoms with van der Waals surface area (Å²) < 4.78 is 5.11. The minimum absolute atomic E-state index is 0.0507. The summed E-state index contributed by atoms with van der Waals surface area (Å²) in [6.45, 7) is 8.07. The van der Waals surface area contributed by atoms with E-state index in [0.717, 1.165) is 0 Å². The topological polar surface area (TPSA) is 62.6 Å². The highest BCUT2D eigenvalue weighted by molar-refractivity contribution is 5.94. The first-order valence-electron chi connectivity index (χ1n) is 6.63. The maximum absolute atomic E-state index is 12.0. The van der Waals surface area contributed by atoms with Gasteiger partial charge in [-0.25, -0.2) is 0 Å². The number of carbonyl (C=O) groups is 2. The summed E-state index contributed by atoms with van der Waals surface area (Å²) in [4.78, 5) is 25.3. The summed E-state index contributed by atoms with van der Waals surface area (Å²) >= 11 is 0. The van der Waals surface area contributed by atoms with Gasteiger partial charge >= 0.3 is 0 Å². The second-order valence-electron chi connectivity index (χ2n) is 5.50. The summed E-state index contributed by atoms with van der Waals surface area (Å²) in [5, 5.41) is 2.83. The first-order valence-corrected chi connectivity index (χ1v) is 6.63. The lowest BCUT2D eigenvalue weighted by Gasteiger charge is -2.24. The molecule has 0 atom stereocenters. The van der Waals surface area contributed by atoms with Crippen molar-refractivity contribution in [2.75, 3.05) is 13.1 Å². The van der Waals surface area contributed by atoms with Crippen LogP contribution in [0.25, 0.3) is 6.08 Å². The summed E-state index contributed by atoms with van der Waals surface area (Å²) in [7, 11) is 0. The molecule has 0 radical (unpaired) electrons. The van der Waals surface area contributed by atoms with Crippen molar-refractivity contribution >= 4 is 17.9 Å². The van der Waals surface area contributed by atoms with Crippen molar-refractivity contribution in [2.24, 2.45) is 0 Å². The highest BCUT2D eigenvalue weighted by atomic mass is 16.3. The number of likely N-dealkylation sites (N-methyl/N-ethyl adjacent to an activating group) is 1. The molecule has 0 aliphatic carbocycles. The molecule has 0 spiro atoms. The van der Waals surface area contributed by atoms with Gasteiger partial charge in [-0.3, -0.25) is 9.59 Å². The Bertz CT molecular complexity index is 470. The van der Waals surface area contributed by atoms with Gasteiger partial charge < -0.3 is 14.6 Å². The molecule has 1 aromatic rings. The predicted molar refractivity (Wildman–Crippen MR) is 77.9 cm³/mol. The van der Waals surface area contributed by atoms with Gasteiger partial charge in [0.2, 0.25) is 11.8 Å². The lowest BCUT2D eigenvalue weighted by atomic mass is 10.1. The normalized spacial score (nSPS) is 11.6. The smallest absolute Gasteiger partial charge is 0.247 e. The lowest BCUT2D eigenvalue weighted by Crippen LogP contribution is -2.47. The number of carbonyl (C=O) groups excluding carboxylic acids is 2. The van der Waals surface area contributed by atoms with Crippen LogP contribution in [0.15, 0.2) is 28.9 Å². The van der Waals surface area contributed by atoms with Crippen molar-refractivity contribution in [3.05, 3.63) is 30.2 Å². The molecular formula is C15H22N2O3. The fourth-order valence-electron chi connectivity index (χ4n) is 1.62. The van der Waals surface area contributed by atoms with Gasteiger partial charge in [0.05, 0.1) is 12.8 Å². The third kappa shape index (κ3) is 5.73. The van der Waals surface area contributed by atoms with E-state index < -0.39 is 0 Å². The molecule has 0 saturated carbocycles. The van der Waals surface area contributed by atoms with E-state index in [0.29, 0.717) is 12.3 Å². The van der Waals surface area contributed by atoms with Gasteiger partial charge in [-0.15, -0.1) is 0 Å². The highest BCUT2D eigenvalue weighted by Crippen LogP contribution is 2.04. The van der Waals surface area contributed by atoms with Crippen LogP contribution in [-0.4, -0.2) is 35.3 Å². The Labute approximate surface area is 119 Å². The van der Waals surface area contributed by atoms with Crippen LogP contribution in [0.1, 0.15) is 33.5 Å². The Kier molecular flexibility index (Phi) is 5.55. The zero-order valence-electron chi connectivity index (χ0n) is 12.5. The number of hydrogen-bond acceptors (Lipinski definition) is 3. The molecule has 0 aliphatic rings. The fourth-order valence-corrected chi connectivity index (χ4v) is 1.62. The molecule has 2 amide bonds. The SMILES string of the molecule is CCN(CC(=O)NC(C)(C)C)C(=O)/C=C/c1ccco1. The first-order chi connectivity index (χ1) is 9.31. The van der Waals surface area contributed by atoms with Gasteiger partial charge in [0, 0.05) is 18.2 Å². The summed E-state index contributed by atoms with van der Waals surface area (Å²) in [6.07, 6.45) is 4.54. The van der Waals surface area contributed by atoms with Crippen LogP contribution >= 0.6 is 0 Å². The molecule has 5 nitrogen and oxygen atoms in total. The monoisotopic (exact) mass is 278 g/mol. The molecule has 1 rings (SSSR count). The Balaban J connectivity index is 2.57. The number of amides is 2.